The van der Waals surface area contributed by atoms with Gasteiger partial charge in [-0.2, -0.15) is 5.10 Å². The fraction of sp³-hybridized carbons (Fsp3) is 0.667. The summed E-state index contributed by atoms with van der Waals surface area (Å²) in [5.41, 5.74) is 4.87. The highest BCUT2D eigenvalue weighted by Gasteiger charge is 2.38. The van der Waals surface area contributed by atoms with Gasteiger partial charge in [0.1, 0.15) is 0 Å². The van der Waals surface area contributed by atoms with Crippen LogP contribution in [0.1, 0.15) is 39.2 Å². The van der Waals surface area contributed by atoms with Crippen molar-refractivity contribution in [2.45, 2.75) is 50.7 Å². The van der Waals surface area contributed by atoms with Gasteiger partial charge in [0.2, 0.25) is 5.91 Å². The van der Waals surface area contributed by atoms with E-state index in [1.54, 1.807) is 6.20 Å². The van der Waals surface area contributed by atoms with Crippen molar-refractivity contribution < 1.29 is 4.79 Å². The lowest BCUT2D eigenvalue weighted by Gasteiger charge is -2.30. The van der Waals surface area contributed by atoms with Crippen LogP contribution in [0.2, 0.25) is 0 Å². The number of hydrogen-bond acceptors (Lipinski definition) is 3. The first kappa shape index (κ1) is 12.1. The van der Waals surface area contributed by atoms with E-state index < -0.39 is 5.54 Å². The van der Waals surface area contributed by atoms with Gasteiger partial charge in [0.15, 0.2) is 0 Å². The molecule has 2 unspecified atom stereocenters. The summed E-state index contributed by atoms with van der Waals surface area (Å²) >= 11 is 0. The van der Waals surface area contributed by atoms with Crippen molar-refractivity contribution in [3.05, 3.63) is 18.5 Å². The number of aromatic nitrogens is 2. The molecule has 0 radical (unpaired) electrons. The molecule has 1 fully saturated rings. The predicted molar refractivity (Wildman–Crippen MR) is 65.3 cm³/mol. The Balaban J connectivity index is 2.03. The molecule has 3 N–H and O–H groups in total. The molecule has 0 bridgehead atoms. The van der Waals surface area contributed by atoms with Crippen molar-refractivity contribution in [1.82, 2.24) is 15.1 Å². The van der Waals surface area contributed by atoms with Gasteiger partial charge in [-0.1, -0.05) is 0 Å². The molecule has 1 aromatic rings. The van der Waals surface area contributed by atoms with Crippen LogP contribution in [0.15, 0.2) is 18.5 Å². The molecule has 1 aliphatic rings. The van der Waals surface area contributed by atoms with Gasteiger partial charge in [0, 0.05) is 18.4 Å². The minimum atomic E-state index is -0.646. The van der Waals surface area contributed by atoms with Crippen LogP contribution in [0.5, 0.6) is 0 Å². The summed E-state index contributed by atoms with van der Waals surface area (Å²) in [4.78, 5) is 11.6. The number of nitrogens with one attached hydrogen (secondary N) is 1. The maximum Gasteiger partial charge on any atom is 0.237 e. The van der Waals surface area contributed by atoms with Crippen LogP contribution in [-0.4, -0.2) is 27.3 Å². The minimum Gasteiger partial charge on any atom is -0.368 e. The van der Waals surface area contributed by atoms with Crippen LogP contribution in [0.3, 0.4) is 0 Å². The zero-order chi connectivity index (χ0) is 12.5. The van der Waals surface area contributed by atoms with Gasteiger partial charge in [-0.05, 0) is 39.2 Å². The van der Waals surface area contributed by atoms with Gasteiger partial charge in [-0.25, -0.2) is 0 Å². The third kappa shape index (κ3) is 2.85. The van der Waals surface area contributed by atoms with Gasteiger partial charge in [0.25, 0.3) is 0 Å². The van der Waals surface area contributed by atoms with Crippen LogP contribution in [0.4, 0.5) is 0 Å². The Hall–Kier alpha value is -1.36. The molecule has 1 aliphatic carbocycles. The average molecular weight is 236 g/mol. The molecule has 5 heteroatoms. The molecule has 1 amide bonds. The van der Waals surface area contributed by atoms with Gasteiger partial charge < -0.3 is 11.1 Å². The molecule has 1 heterocycles. The maximum atomic E-state index is 11.6. The Morgan fingerprint density at radius 1 is 1.71 bits per heavy atom. The number of rotatable bonds is 6. The lowest BCUT2D eigenvalue weighted by molar-refractivity contribution is -0.124. The minimum absolute atomic E-state index is 0.147. The number of nitrogens with two attached hydrogens (primary N) is 1. The second-order valence-corrected chi connectivity index (χ2v) is 5.15. The highest BCUT2D eigenvalue weighted by atomic mass is 16.1. The first-order valence-electron chi connectivity index (χ1n) is 6.08. The maximum absolute atomic E-state index is 11.6. The van der Waals surface area contributed by atoms with E-state index in [4.69, 9.17) is 5.73 Å². The Morgan fingerprint density at radius 2 is 2.41 bits per heavy atom. The summed E-state index contributed by atoms with van der Waals surface area (Å²) in [6, 6.07) is 2.48. The molecule has 0 saturated heterocycles. The first-order valence-corrected chi connectivity index (χ1v) is 6.08. The monoisotopic (exact) mass is 236 g/mol. The van der Waals surface area contributed by atoms with E-state index >= 15 is 0 Å². The number of amides is 1. The molecule has 94 valence electrons. The summed E-state index contributed by atoms with van der Waals surface area (Å²) in [5.74, 6) is -0.289. The zero-order valence-corrected chi connectivity index (χ0v) is 10.4. The highest BCUT2D eigenvalue weighted by Crippen LogP contribution is 2.27. The molecule has 2 atom stereocenters. The SMILES string of the molecule is CC(CC(C)(NC1CC1)C(N)=O)n1cccn1. The largest absolute Gasteiger partial charge is 0.368 e. The molecule has 0 aromatic carbocycles. The first-order chi connectivity index (χ1) is 8.01. The van der Waals surface area contributed by atoms with Gasteiger partial charge in [-0.3, -0.25) is 9.48 Å². The van der Waals surface area contributed by atoms with Crippen molar-refractivity contribution in [3.8, 4) is 0 Å². The van der Waals surface area contributed by atoms with Crippen LogP contribution in [0, 0.1) is 0 Å². The number of nitrogens with zero attached hydrogens (tertiary/aromatic N) is 2. The highest BCUT2D eigenvalue weighted by molar-refractivity contribution is 5.84. The van der Waals surface area contributed by atoms with Crippen molar-refractivity contribution in [1.29, 1.82) is 0 Å². The molecule has 1 saturated carbocycles. The molecule has 2 rings (SSSR count). The number of primary amides is 1. The number of carbonyl (C=O) groups is 1. The summed E-state index contributed by atoms with van der Waals surface area (Å²) in [6.07, 6.45) is 6.58. The quantitative estimate of drug-likeness (QED) is 0.768. The molecule has 0 spiro atoms. The Morgan fingerprint density at radius 3 is 2.88 bits per heavy atom. The van der Waals surface area contributed by atoms with E-state index in [0.29, 0.717) is 12.5 Å². The molecular weight excluding hydrogens is 216 g/mol. The summed E-state index contributed by atoms with van der Waals surface area (Å²) in [7, 11) is 0. The molecular formula is C12H20N4O. The number of hydrogen-bond donors (Lipinski definition) is 2. The van der Waals surface area contributed by atoms with Crippen LogP contribution in [-0.2, 0) is 4.79 Å². The molecule has 17 heavy (non-hydrogen) atoms. The third-order valence-electron chi connectivity index (χ3n) is 3.32. The van der Waals surface area contributed by atoms with Crippen molar-refractivity contribution >= 4 is 5.91 Å². The van der Waals surface area contributed by atoms with Gasteiger partial charge in [0.05, 0.1) is 11.6 Å². The van der Waals surface area contributed by atoms with E-state index in [1.165, 1.54) is 0 Å². The summed E-state index contributed by atoms with van der Waals surface area (Å²) in [6.45, 7) is 3.93. The molecule has 1 aromatic heterocycles. The second-order valence-electron chi connectivity index (χ2n) is 5.15. The van der Waals surface area contributed by atoms with E-state index in [1.807, 2.05) is 30.8 Å². The number of carbonyl (C=O) groups excluding carboxylic acids is 1. The fourth-order valence-electron chi connectivity index (χ4n) is 2.13. The van der Waals surface area contributed by atoms with E-state index in [0.717, 1.165) is 12.8 Å². The Kier molecular flexibility index (Phi) is 3.19. The van der Waals surface area contributed by atoms with Crippen molar-refractivity contribution in [3.63, 3.8) is 0 Å². The summed E-state index contributed by atoms with van der Waals surface area (Å²) in [5, 5.41) is 7.54. The van der Waals surface area contributed by atoms with Crippen LogP contribution >= 0.6 is 0 Å². The van der Waals surface area contributed by atoms with E-state index in [-0.39, 0.29) is 11.9 Å². The normalized spacial score (nSPS) is 20.8. The zero-order valence-electron chi connectivity index (χ0n) is 10.4. The van der Waals surface area contributed by atoms with Crippen molar-refractivity contribution in [2.24, 2.45) is 5.73 Å². The van der Waals surface area contributed by atoms with Crippen molar-refractivity contribution in [2.75, 3.05) is 0 Å². The fourth-order valence-corrected chi connectivity index (χ4v) is 2.13. The Bertz CT molecular complexity index is 385. The van der Waals surface area contributed by atoms with E-state index in [9.17, 15) is 4.79 Å². The van der Waals surface area contributed by atoms with Crippen LogP contribution < -0.4 is 11.1 Å². The molecule has 0 aliphatic heterocycles. The predicted octanol–water partition coefficient (Wildman–Crippen LogP) is 0.830. The topological polar surface area (TPSA) is 72.9 Å². The smallest absolute Gasteiger partial charge is 0.237 e. The summed E-state index contributed by atoms with van der Waals surface area (Å²) < 4.78 is 1.86. The van der Waals surface area contributed by atoms with Crippen LogP contribution in [0.25, 0.3) is 0 Å². The standard InChI is InChI=1S/C12H20N4O/c1-9(16-7-3-6-14-16)8-12(2,11(13)17)15-10-4-5-10/h3,6-7,9-10,15H,4-5,8H2,1-2H3,(H2,13,17). The lowest BCUT2D eigenvalue weighted by Crippen LogP contribution is -2.55. The second kappa shape index (κ2) is 4.49. The van der Waals surface area contributed by atoms with Gasteiger partial charge in [-0.15, -0.1) is 0 Å². The Labute approximate surface area is 101 Å². The molecule has 5 nitrogen and oxygen atoms in total. The lowest BCUT2D eigenvalue weighted by atomic mass is 9.92. The van der Waals surface area contributed by atoms with E-state index in [2.05, 4.69) is 10.4 Å². The average Bonchev–Trinajstić information content (AvgIpc) is 2.89. The third-order valence-corrected chi connectivity index (χ3v) is 3.32. The van der Waals surface area contributed by atoms with Gasteiger partial charge >= 0.3 is 0 Å².